The molecule has 0 amide bonds. The molecule has 0 aliphatic carbocycles. The molecule has 4 rings (SSSR count). The first-order valence-electron chi connectivity index (χ1n) is 9.86. The van der Waals surface area contributed by atoms with E-state index in [0.717, 1.165) is 11.1 Å². The Morgan fingerprint density at radius 1 is 1.03 bits per heavy atom. The van der Waals surface area contributed by atoms with Crippen molar-refractivity contribution in [2.75, 3.05) is 45.0 Å². The first-order valence-corrected chi connectivity index (χ1v) is 9.86. The van der Waals surface area contributed by atoms with Gasteiger partial charge < -0.3 is 30.4 Å². The summed E-state index contributed by atoms with van der Waals surface area (Å²) < 4.78 is 36.8. The molecule has 1 saturated heterocycles. The highest BCUT2D eigenvalue weighted by molar-refractivity contribution is 5.80. The molecule has 0 spiro atoms. The second kappa shape index (κ2) is 9.20. The van der Waals surface area contributed by atoms with E-state index in [1.807, 2.05) is 18.2 Å². The summed E-state index contributed by atoms with van der Waals surface area (Å²) in [5, 5.41) is 0. The molecule has 2 heterocycles. The largest absolute Gasteiger partial charge is 0.493 e. The van der Waals surface area contributed by atoms with Gasteiger partial charge in [-0.15, -0.1) is 0 Å². The summed E-state index contributed by atoms with van der Waals surface area (Å²) in [4.78, 5) is 4.25. The molecule has 0 saturated carbocycles. The van der Waals surface area contributed by atoms with Gasteiger partial charge in [0.15, 0.2) is 11.5 Å². The summed E-state index contributed by atoms with van der Waals surface area (Å²) in [6.45, 7) is 2.03. The molecular formula is C23H24FN3O4. The van der Waals surface area contributed by atoms with Crippen LogP contribution in [0.4, 0.5) is 15.9 Å². The van der Waals surface area contributed by atoms with E-state index >= 15 is 0 Å². The van der Waals surface area contributed by atoms with Gasteiger partial charge in [0.1, 0.15) is 24.3 Å². The van der Waals surface area contributed by atoms with Crippen LogP contribution in [0.5, 0.6) is 11.5 Å². The van der Waals surface area contributed by atoms with Crippen LogP contribution in [0.15, 0.2) is 48.7 Å². The molecule has 7 nitrogen and oxygen atoms in total. The maximum atomic E-state index is 14.4. The van der Waals surface area contributed by atoms with Crippen LogP contribution >= 0.6 is 0 Å². The molecule has 0 unspecified atom stereocenters. The molecule has 2 aromatic carbocycles. The van der Waals surface area contributed by atoms with E-state index in [0.29, 0.717) is 54.7 Å². The van der Waals surface area contributed by atoms with Crippen molar-refractivity contribution < 1.29 is 23.3 Å². The van der Waals surface area contributed by atoms with Gasteiger partial charge >= 0.3 is 0 Å². The predicted molar refractivity (Wildman–Crippen MR) is 116 cm³/mol. The Morgan fingerprint density at radius 2 is 1.90 bits per heavy atom. The molecule has 1 atom stereocenters. The van der Waals surface area contributed by atoms with Gasteiger partial charge in [-0.2, -0.15) is 0 Å². The van der Waals surface area contributed by atoms with Gasteiger partial charge in [0.2, 0.25) is 0 Å². The zero-order chi connectivity index (χ0) is 21.8. The highest BCUT2D eigenvalue weighted by atomic mass is 19.1. The maximum Gasteiger partial charge on any atom is 0.161 e. The van der Waals surface area contributed by atoms with E-state index in [2.05, 4.69) is 4.98 Å². The van der Waals surface area contributed by atoms with E-state index in [-0.39, 0.29) is 11.9 Å². The first kappa shape index (κ1) is 20.9. The minimum Gasteiger partial charge on any atom is -0.493 e. The summed E-state index contributed by atoms with van der Waals surface area (Å²) in [6.07, 6.45) is 1.52. The van der Waals surface area contributed by atoms with Crippen LogP contribution in [0.25, 0.3) is 22.3 Å². The molecule has 4 N–H and O–H groups in total. The minimum atomic E-state index is -0.458. The second-order valence-corrected chi connectivity index (χ2v) is 7.14. The summed E-state index contributed by atoms with van der Waals surface area (Å²) in [5.74, 6) is 0.926. The highest BCUT2D eigenvalue weighted by Gasteiger charge is 2.17. The molecule has 162 valence electrons. The molecule has 1 aliphatic rings. The van der Waals surface area contributed by atoms with Crippen molar-refractivity contribution in [3.05, 3.63) is 54.5 Å². The third-order valence-corrected chi connectivity index (χ3v) is 5.01. The number of anilines is 2. The van der Waals surface area contributed by atoms with Crippen LogP contribution < -0.4 is 20.9 Å². The SMILES string of the molecule is COc1cc(-c2cnc(N)c(-c3ccc(N)cc3F)c2)ccc1OC[C@H]1COCCO1. The van der Waals surface area contributed by atoms with E-state index in [4.69, 9.17) is 30.4 Å². The maximum absolute atomic E-state index is 14.4. The van der Waals surface area contributed by atoms with Crippen molar-refractivity contribution in [1.82, 2.24) is 4.98 Å². The molecule has 1 aromatic heterocycles. The molecule has 0 bridgehead atoms. The van der Waals surface area contributed by atoms with Crippen LogP contribution in [0, 0.1) is 5.82 Å². The Bertz CT molecular complexity index is 1070. The molecule has 1 aliphatic heterocycles. The lowest BCUT2D eigenvalue weighted by Crippen LogP contribution is -2.33. The van der Waals surface area contributed by atoms with E-state index in [9.17, 15) is 4.39 Å². The van der Waals surface area contributed by atoms with Gasteiger partial charge in [-0.25, -0.2) is 9.37 Å². The Labute approximate surface area is 179 Å². The first-order chi connectivity index (χ1) is 15.0. The number of hydrogen-bond acceptors (Lipinski definition) is 7. The van der Waals surface area contributed by atoms with Crippen molar-refractivity contribution in [3.63, 3.8) is 0 Å². The molecule has 0 radical (unpaired) electrons. The standard InChI is InChI=1S/C23H24FN3O4/c1-28-22-9-14(2-5-21(22)31-13-17-12-29-6-7-30-17)15-8-19(23(26)27-11-15)18-4-3-16(25)10-20(18)24/h2-5,8-11,17H,6-7,12-13,25H2,1H3,(H2,26,27)/t17-/m1/s1. The lowest BCUT2D eigenvalue weighted by Gasteiger charge is -2.23. The number of nitrogens with zero attached hydrogens (tertiary/aromatic N) is 1. The molecule has 31 heavy (non-hydrogen) atoms. The number of halogens is 1. The summed E-state index contributed by atoms with van der Waals surface area (Å²) in [7, 11) is 1.57. The molecule has 8 heteroatoms. The van der Waals surface area contributed by atoms with E-state index < -0.39 is 5.82 Å². The summed E-state index contributed by atoms with van der Waals surface area (Å²) in [6, 6.07) is 11.8. The number of hydrogen-bond donors (Lipinski definition) is 2. The van der Waals surface area contributed by atoms with Crippen LogP contribution in [0.3, 0.4) is 0 Å². The third kappa shape index (κ3) is 4.70. The quantitative estimate of drug-likeness (QED) is 0.583. The molecule has 1 fully saturated rings. The van der Waals surface area contributed by atoms with Crippen molar-refractivity contribution >= 4 is 11.5 Å². The Kier molecular flexibility index (Phi) is 6.20. The predicted octanol–water partition coefficient (Wildman–Crippen LogP) is 3.52. The average molecular weight is 425 g/mol. The van der Waals surface area contributed by atoms with Crippen LogP contribution in [-0.4, -0.2) is 44.6 Å². The highest BCUT2D eigenvalue weighted by Crippen LogP contribution is 2.36. The van der Waals surface area contributed by atoms with E-state index in [1.54, 1.807) is 31.5 Å². The number of nitrogens with two attached hydrogens (primary N) is 2. The van der Waals surface area contributed by atoms with Crippen LogP contribution in [0.1, 0.15) is 0 Å². The monoisotopic (exact) mass is 425 g/mol. The lowest BCUT2D eigenvalue weighted by atomic mass is 10.00. The normalized spacial score (nSPS) is 16.1. The minimum absolute atomic E-state index is 0.114. The zero-order valence-corrected chi connectivity index (χ0v) is 17.1. The number of methoxy groups -OCH3 is 1. The summed E-state index contributed by atoms with van der Waals surface area (Å²) >= 11 is 0. The van der Waals surface area contributed by atoms with Crippen molar-refractivity contribution in [2.45, 2.75) is 6.10 Å². The van der Waals surface area contributed by atoms with Gasteiger partial charge in [-0.3, -0.25) is 0 Å². The second-order valence-electron chi connectivity index (χ2n) is 7.14. The number of pyridine rings is 1. The van der Waals surface area contributed by atoms with Gasteiger partial charge in [0, 0.05) is 28.6 Å². The fraction of sp³-hybridized carbons (Fsp3) is 0.261. The Morgan fingerprint density at radius 3 is 2.65 bits per heavy atom. The average Bonchev–Trinajstić information content (AvgIpc) is 2.79. The number of ether oxygens (including phenoxy) is 4. The van der Waals surface area contributed by atoms with Gasteiger partial charge in [0.05, 0.1) is 26.9 Å². The van der Waals surface area contributed by atoms with Crippen molar-refractivity contribution in [1.29, 1.82) is 0 Å². The van der Waals surface area contributed by atoms with Gasteiger partial charge in [0.25, 0.3) is 0 Å². The number of rotatable bonds is 6. The van der Waals surface area contributed by atoms with Gasteiger partial charge in [-0.1, -0.05) is 6.07 Å². The topological polar surface area (TPSA) is 102 Å². The zero-order valence-electron chi connectivity index (χ0n) is 17.1. The fourth-order valence-electron chi connectivity index (χ4n) is 3.38. The van der Waals surface area contributed by atoms with Crippen LogP contribution in [0.2, 0.25) is 0 Å². The van der Waals surface area contributed by atoms with Gasteiger partial charge in [-0.05, 0) is 42.0 Å². The molecule has 3 aromatic rings. The van der Waals surface area contributed by atoms with Crippen molar-refractivity contribution in [3.8, 4) is 33.8 Å². The summed E-state index contributed by atoms with van der Waals surface area (Å²) in [5.41, 5.74) is 14.4. The lowest BCUT2D eigenvalue weighted by molar-refractivity contribution is -0.101. The Balaban J connectivity index is 1.60. The van der Waals surface area contributed by atoms with E-state index in [1.165, 1.54) is 6.07 Å². The Hall–Kier alpha value is -3.36. The third-order valence-electron chi connectivity index (χ3n) is 5.01. The fourth-order valence-corrected chi connectivity index (χ4v) is 3.38. The number of nitrogen functional groups attached to an aromatic ring is 2. The smallest absolute Gasteiger partial charge is 0.161 e. The molecular weight excluding hydrogens is 401 g/mol. The number of benzene rings is 2. The van der Waals surface area contributed by atoms with Crippen LogP contribution in [-0.2, 0) is 9.47 Å². The van der Waals surface area contributed by atoms with Crippen molar-refractivity contribution in [2.24, 2.45) is 0 Å². The number of aromatic nitrogens is 1.